The number of hydrogen-bond donors (Lipinski definition) is 0. The fourth-order valence-corrected chi connectivity index (χ4v) is 4.14. The molecule has 25 heavy (non-hydrogen) atoms. The molecule has 0 N–H and O–H groups in total. The van der Waals surface area contributed by atoms with Crippen LogP contribution in [0.3, 0.4) is 0 Å². The van der Waals surface area contributed by atoms with Crippen molar-refractivity contribution in [3.63, 3.8) is 0 Å². The highest BCUT2D eigenvalue weighted by molar-refractivity contribution is 7.89. The zero-order valence-corrected chi connectivity index (χ0v) is 14.0. The van der Waals surface area contributed by atoms with E-state index in [9.17, 15) is 26.0 Å². The minimum Gasteiger partial charge on any atom is -0.337 e. The molecule has 0 amide bonds. The van der Waals surface area contributed by atoms with Crippen LogP contribution in [0.15, 0.2) is 35.5 Å². The van der Waals surface area contributed by atoms with Gasteiger partial charge in [-0.05, 0) is 31.0 Å². The van der Waals surface area contributed by atoms with E-state index >= 15 is 0 Å². The number of alkyl halides is 3. The SMILES string of the molecule is Cn1ccnc1CN(C1CC1)S(=O)(=O)c1ccc(F)c(C(F)(F)F)c1. The molecule has 1 saturated carbocycles. The van der Waals surface area contributed by atoms with Crippen LogP contribution < -0.4 is 0 Å². The molecule has 1 aliphatic rings. The molecule has 10 heteroatoms. The monoisotopic (exact) mass is 377 g/mol. The van der Waals surface area contributed by atoms with Crippen molar-refractivity contribution in [3.8, 4) is 0 Å². The number of rotatable bonds is 5. The molecule has 1 heterocycles. The normalized spacial score (nSPS) is 15.8. The molecule has 1 aliphatic carbocycles. The fraction of sp³-hybridized carbons (Fsp3) is 0.400. The summed E-state index contributed by atoms with van der Waals surface area (Å²) < 4.78 is 80.5. The largest absolute Gasteiger partial charge is 0.419 e. The smallest absolute Gasteiger partial charge is 0.337 e. The Morgan fingerprint density at radius 1 is 1.32 bits per heavy atom. The van der Waals surface area contributed by atoms with Gasteiger partial charge in [0.15, 0.2) is 0 Å². The maximum absolute atomic E-state index is 13.4. The van der Waals surface area contributed by atoms with E-state index in [1.54, 1.807) is 17.8 Å². The molecule has 0 radical (unpaired) electrons. The Morgan fingerprint density at radius 3 is 2.52 bits per heavy atom. The Hall–Kier alpha value is -1.94. The second-order valence-electron chi connectivity index (χ2n) is 5.88. The van der Waals surface area contributed by atoms with Gasteiger partial charge in [0.25, 0.3) is 0 Å². The number of nitrogens with zero attached hydrogens (tertiary/aromatic N) is 3. The lowest BCUT2D eigenvalue weighted by Crippen LogP contribution is -2.33. The van der Waals surface area contributed by atoms with Crippen molar-refractivity contribution < 1.29 is 26.0 Å². The molecular formula is C15H15F4N3O2S. The Morgan fingerprint density at radius 2 is 2.00 bits per heavy atom. The summed E-state index contributed by atoms with van der Waals surface area (Å²) in [4.78, 5) is 3.48. The summed E-state index contributed by atoms with van der Waals surface area (Å²) in [6.07, 6.45) is -0.576. The van der Waals surface area contributed by atoms with Gasteiger partial charge in [-0.15, -0.1) is 0 Å². The van der Waals surface area contributed by atoms with Crippen molar-refractivity contribution in [1.82, 2.24) is 13.9 Å². The van der Waals surface area contributed by atoms with E-state index in [1.807, 2.05) is 0 Å². The Bertz CT molecular complexity index is 888. The zero-order valence-electron chi connectivity index (χ0n) is 13.2. The minimum absolute atomic E-state index is 0.0603. The highest BCUT2D eigenvalue weighted by Crippen LogP contribution is 2.36. The van der Waals surface area contributed by atoms with Crippen LogP contribution in [-0.4, -0.2) is 28.3 Å². The Labute approximate surface area is 141 Å². The van der Waals surface area contributed by atoms with Gasteiger partial charge < -0.3 is 4.57 Å². The van der Waals surface area contributed by atoms with Crippen molar-refractivity contribution >= 4 is 10.0 Å². The molecular weight excluding hydrogens is 362 g/mol. The molecule has 0 spiro atoms. The van der Waals surface area contributed by atoms with Crippen molar-refractivity contribution in [2.45, 2.75) is 36.5 Å². The Kier molecular flexibility index (Phi) is 4.36. The molecule has 2 aromatic rings. The van der Waals surface area contributed by atoms with E-state index in [0.717, 1.165) is 10.4 Å². The molecule has 1 aromatic heterocycles. The first-order valence-corrected chi connectivity index (χ1v) is 8.89. The van der Waals surface area contributed by atoms with Crippen LogP contribution in [0.4, 0.5) is 17.6 Å². The van der Waals surface area contributed by atoms with Crippen molar-refractivity contribution in [3.05, 3.63) is 47.8 Å². The molecule has 136 valence electrons. The first-order valence-electron chi connectivity index (χ1n) is 7.45. The average Bonchev–Trinajstić information content (AvgIpc) is 3.26. The highest BCUT2D eigenvalue weighted by Gasteiger charge is 2.41. The van der Waals surface area contributed by atoms with Crippen LogP contribution in [-0.2, 0) is 29.8 Å². The van der Waals surface area contributed by atoms with E-state index in [1.165, 1.54) is 6.20 Å². The van der Waals surface area contributed by atoms with E-state index in [0.29, 0.717) is 30.8 Å². The maximum Gasteiger partial charge on any atom is 0.419 e. The summed E-state index contributed by atoms with van der Waals surface area (Å²) in [6.45, 7) is -0.0603. The third kappa shape index (κ3) is 3.54. The van der Waals surface area contributed by atoms with E-state index < -0.39 is 32.5 Å². The molecule has 0 atom stereocenters. The fourth-order valence-electron chi connectivity index (χ4n) is 2.48. The molecule has 0 aliphatic heterocycles. The summed E-state index contributed by atoms with van der Waals surface area (Å²) in [7, 11) is -2.52. The van der Waals surface area contributed by atoms with Crippen molar-refractivity contribution in [2.24, 2.45) is 7.05 Å². The van der Waals surface area contributed by atoms with Gasteiger partial charge in [-0.3, -0.25) is 0 Å². The van der Waals surface area contributed by atoms with Crippen LogP contribution in [0.2, 0.25) is 0 Å². The standard InChI is InChI=1S/C15H15F4N3O2S/c1-21-7-6-20-14(21)9-22(10-2-3-10)25(23,24)11-4-5-13(16)12(8-11)15(17,18)19/h4-8,10H,2-3,9H2,1H3. The number of hydrogen-bond acceptors (Lipinski definition) is 3. The lowest BCUT2D eigenvalue weighted by Gasteiger charge is -2.22. The van der Waals surface area contributed by atoms with Gasteiger partial charge in [0.1, 0.15) is 11.6 Å². The van der Waals surface area contributed by atoms with Crippen LogP contribution in [0, 0.1) is 5.82 Å². The van der Waals surface area contributed by atoms with E-state index in [-0.39, 0.29) is 12.6 Å². The summed E-state index contributed by atoms with van der Waals surface area (Å²) in [6, 6.07) is 1.44. The van der Waals surface area contributed by atoms with Gasteiger partial charge in [-0.2, -0.15) is 17.5 Å². The van der Waals surface area contributed by atoms with Crippen molar-refractivity contribution in [1.29, 1.82) is 0 Å². The number of imidazole rings is 1. The zero-order chi connectivity index (χ0) is 18.4. The number of aromatic nitrogens is 2. The summed E-state index contributed by atoms with van der Waals surface area (Å²) in [5.41, 5.74) is -1.60. The first kappa shape index (κ1) is 17.9. The number of benzene rings is 1. The van der Waals surface area contributed by atoms with Gasteiger partial charge in [-0.25, -0.2) is 17.8 Å². The first-order chi connectivity index (χ1) is 11.6. The minimum atomic E-state index is -4.97. The average molecular weight is 377 g/mol. The van der Waals surface area contributed by atoms with E-state index in [2.05, 4.69) is 4.98 Å². The quantitative estimate of drug-likeness (QED) is 0.753. The molecule has 0 saturated heterocycles. The van der Waals surface area contributed by atoms with Crippen LogP contribution in [0.5, 0.6) is 0 Å². The Balaban J connectivity index is 2.00. The summed E-state index contributed by atoms with van der Waals surface area (Å²) >= 11 is 0. The van der Waals surface area contributed by atoms with Gasteiger partial charge in [0.2, 0.25) is 10.0 Å². The topological polar surface area (TPSA) is 55.2 Å². The lowest BCUT2D eigenvalue weighted by atomic mass is 10.2. The summed E-state index contributed by atoms with van der Waals surface area (Å²) in [5, 5.41) is 0. The number of sulfonamides is 1. The number of halogens is 4. The number of aryl methyl sites for hydroxylation is 1. The van der Waals surface area contributed by atoms with Crippen LogP contribution in [0.1, 0.15) is 24.2 Å². The molecule has 5 nitrogen and oxygen atoms in total. The summed E-state index contributed by atoms with van der Waals surface area (Å²) in [5.74, 6) is -1.04. The molecule has 3 rings (SSSR count). The second-order valence-corrected chi connectivity index (χ2v) is 7.77. The van der Waals surface area contributed by atoms with Crippen molar-refractivity contribution in [2.75, 3.05) is 0 Å². The predicted molar refractivity (Wildman–Crippen MR) is 80.4 cm³/mol. The lowest BCUT2D eigenvalue weighted by molar-refractivity contribution is -0.140. The molecule has 1 aromatic carbocycles. The van der Waals surface area contributed by atoms with Crippen LogP contribution >= 0.6 is 0 Å². The van der Waals surface area contributed by atoms with Gasteiger partial charge in [0, 0.05) is 25.5 Å². The van der Waals surface area contributed by atoms with Gasteiger partial charge in [0.05, 0.1) is 17.0 Å². The third-order valence-electron chi connectivity index (χ3n) is 4.02. The molecule has 1 fully saturated rings. The highest BCUT2D eigenvalue weighted by atomic mass is 32.2. The molecule has 0 unspecified atom stereocenters. The van der Waals surface area contributed by atoms with Crippen LogP contribution in [0.25, 0.3) is 0 Å². The second kappa shape index (κ2) is 6.10. The third-order valence-corrected chi connectivity index (χ3v) is 5.92. The molecule has 0 bridgehead atoms. The van der Waals surface area contributed by atoms with Gasteiger partial charge in [-0.1, -0.05) is 0 Å². The van der Waals surface area contributed by atoms with Gasteiger partial charge >= 0.3 is 6.18 Å². The predicted octanol–water partition coefficient (Wildman–Crippen LogP) is 2.93. The maximum atomic E-state index is 13.4. The van der Waals surface area contributed by atoms with E-state index in [4.69, 9.17) is 0 Å².